The molecule has 1 N–H and O–H groups in total. The van der Waals surface area contributed by atoms with Gasteiger partial charge in [-0.3, -0.25) is 0 Å². The maximum atomic E-state index is 12.6. The third kappa shape index (κ3) is 5.72. The van der Waals surface area contributed by atoms with E-state index in [9.17, 15) is 21.6 Å². The first-order chi connectivity index (χ1) is 11.4. The van der Waals surface area contributed by atoms with Crippen LogP contribution in [0.5, 0.6) is 0 Å². The fourth-order valence-electron chi connectivity index (χ4n) is 2.34. The molecule has 1 heterocycles. The number of aromatic nitrogens is 2. The van der Waals surface area contributed by atoms with Crippen molar-refractivity contribution in [1.29, 1.82) is 0 Å². The van der Waals surface area contributed by atoms with Gasteiger partial charge < -0.3 is 10.2 Å². The first-order valence-corrected chi connectivity index (χ1v) is 10.0. The molecular weight excluding hydrogens is 357 g/mol. The Labute approximate surface area is 146 Å². The maximum Gasteiger partial charge on any atom is 0.405 e. The molecule has 0 aliphatic heterocycles. The summed E-state index contributed by atoms with van der Waals surface area (Å²) in [4.78, 5) is 9.87. The number of alkyl halides is 3. The first-order valence-electron chi connectivity index (χ1n) is 8.12. The lowest BCUT2D eigenvalue weighted by molar-refractivity contribution is -0.115. The van der Waals surface area contributed by atoms with E-state index in [0.29, 0.717) is 30.9 Å². The lowest BCUT2D eigenvalue weighted by Gasteiger charge is -2.27. The minimum atomic E-state index is -4.45. The summed E-state index contributed by atoms with van der Waals surface area (Å²) in [6.45, 7) is 7.27. The van der Waals surface area contributed by atoms with Gasteiger partial charge in [-0.25, -0.2) is 18.4 Å². The zero-order chi connectivity index (χ0) is 19.4. The fraction of sp³-hybridized carbons (Fsp3) is 0.733. The van der Waals surface area contributed by atoms with Crippen molar-refractivity contribution < 1.29 is 21.6 Å². The average molecular weight is 382 g/mol. The molecule has 0 saturated heterocycles. The SMILES string of the molecule is CCC(C)c1c(NCC(F)(F)F)nc(S(C)(=O)=O)nc1N(CC)CC. The highest BCUT2D eigenvalue weighted by Crippen LogP contribution is 2.35. The zero-order valence-electron chi connectivity index (χ0n) is 15.1. The number of hydrogen-bond acceptors (Lipinski definition) is 6. The van der Waals surface area contributed by atoms with Crippen LogP contribution in [-0.4, -0.2) is 50.5 Å². The molecule has 0 aromatic carbocycles. The van der Waals surface area contributed by atoms with E-state index < -0.39 is 27.7 Å². The minimum absolute atomic E-state index is 0.0796. The Morgan fingerprint density at radius 3 is 2.12 bits per heavy atom. The highest BCUT2D eigenvalue weighted by Gasteiger charge is 2.30. The van der Waals surface area contributed by atoms with Crippen molar-refractivity contribution in [2.75, 3.05) is 36.1 Å². The summed E-state index contributed by atoms with van der Waals surface area (Å²) < 4.78 is 61.7. The van der Waals surface area contributed by atoms with E-state index in [1.807, 2.05) is 32.6 Å². The van der Waals surface area contributed by atoms with Gasteiger partial charge in [0.1, 0.15) is 18.2 Å². The van der Waals surface area contributed by atoms with Crippen molar-refractivity contribution in [2.45, 2.75) is 51.4 Å². The molecule has 0 spiro atoms. The Hall–Kier alpha value is -1.58. The molecule has 10 heteroatoms. The fourth-order valence-corrected chi connectivity index (χ4v) is 2.85. The van der Waals surface area contributed by atoms with E-state index in [-0.39, 0.29) is 11.7 Å². The van der Waals surface area contributed by atoms with Gasteiger partial charge in [-0.15, -0.1) is 0 Å². The summed E-state index contributed by atoms with van der Waals surface area (Å²) in [6, 6.07) is 0. The van der Waals surface area contributed by atoms with Gasteiger partial charge in [-0.1, -0.05) is 13.8 Å². The van der Waals surface area contributed by atoms with Crippen LogP contribution in [0.2, 0.25) is 0 Å². The second-order valence-corrected chi connectivity index (χ2v) is 7.72. The molecule has 25 heavy (non-hydrogen) atoms. The Kier molecular flexibility index (Phi) is 7.04. The van der Waals surface area contributed by atoms with Gasteiger partial charge in [0.2, 0.25) is 9.84 Å². The van der Waals surface area contributed by atoms with Crippen LogP contribution in [0.15, 0.2) is 5.16 Å². The van der Waals surface area contributed by atoms with E-state index in [1.165, 1.54) is 0 Å². The van der Waals surface area contributed by atoms with E-state index in [1.54, 1.807) is 0 Å². The second-order valence-electron chi connectivity index (χ2n) is 5.81. The van der Waals surface area contributed by atoms with Gasteiger partial charge in [0, 0.05) is 24.9 Å². The molecule has 0 saturated carbocycles. The number of nitrogens with zero attached hydrogens (tertiary/aromatic N) is 3. The van der Waals surface area contributed by atoms with Gasteiger partial charge >= 0.3 is 6.18 Å². The molecule has 0 fully saturated rings. The Morgan fingerprint density at radius 2 is 1.72 bits per heavy atom. The van der Waals surface area contributed by atoms with Crippen LogP contribution in [0.25, 0.3) is 0 Å². The summed E-state index contributed by atoms with van der Waals surface area (Å²) in [5.41, 5.74) is 0.503. The maximum absolute atomic E-state index is 12.6. The monoisotopic (exact) mass is 382 g/mol. The Balaban J connectivity index is 3.65. The van der Waals surface area contributed by atoms with Gasteiger partial charge in [-0.05, 0) is 26.2 Å². The predicted octanol–water partition coefficient (Wildman–Crippen LogP) is 3.21. The van der Waals surface area contributed by atoms with Crippen LogP contribution in [0.4, 0.5) is 24.8 Å². The molecule has 0 bridgehead atoms. The van der Waals surface area contributed by atoms with Gasteiger partial charge in [0.05, 0.1) is 0 Å². The van der Waals surface area contributed by atoms with E-state index >= 15 is 0 Å². The average Bonchev–Trinajstić information content (AvgIpc) is 2.51. The summed E-state index contributed by atoms with van der Waals surface area (Å²) in [6.07, 6.45) is -2.86. The summed E-state index contributed by atoms with van der Waals surface area (Å²) in [7, 11) is -3.77. The van der Waals surface area contributed by atoms with Crippen LogP contribution in [0, 0.1) is 0 Å². The number of sulfone groups is 1. The molecule has 1 rings (SSSR count). The van der Waals surface area contributed by atoms with Crippen LogP contribution in [0.3, 0.4) is 0 Å². The molecule has 0 radical (unpaired) electrons. The van der Waals surface area contributed by atoms with Crippen LogP contribution in [0.1, 0.15) is 45.6 Å². The zero-order valence-corrected chi connectivity index (χ0v) is 15.9. The number of halogens is 3. The normalized spacial score (nSPS) is 13.6. The molecule has 1 atom stereocenters. The van der Waals surface area contributed by atoms with E-state index in [0.717, 1.165) is 6.26 Å². The molecule has 0 aliphatic rings. The molecular formula is C15H25F3N4O2S. The van der Waals surface area contributed by atoms with Gasteiger partial charge in [0.15, 0.2) is 0 Å². The predicted molar refractivity (Wildman–Crippen MR) is 92.0 cm³/mol. The standard InChI is InChI=1S/C15H25F3N4O2S/c1-6-10(4)11-12(19-9-15(16,17)18)20-14(25(5,23)24)21-13(11)22(7-2)8-3/h10H,6-9H2,1-5H3,(H,19,20,21). The Morgan fingerprint density at radius 1 is 1.16 bits per heavy atom. The first kappa shape index (κ1) is 21.5. The summed E-state index contributed by atoms with van der Waals surface area (Å²) in [5, 5.41) is 1.78. The van der Waals surface area contributed by atoms with Crippen molar-refractivity contribution in [1.82, 2.24) is 9.97 Å². The number of hydrogen-bond donors (Lipinski definition) is 1. The second kappa shape index (κ2) is 8.20. The smallest absolute Gasteiger partial charge is 0.361 e. The lowest BCUT2D eigenvalue weighted by Crippen LogP contribution is -2.28. The molecule has 1 unspecified atom stereocenters. The van der Waals surface area contributed by atoms with Crippen LogP contribution < -0.4 is 10.2 Å². The molecule has 6 nitrogen and oxygen atoms in total. The molecule has 1 aromatic heterocycles. The van der Waals surface area contributed by atoms with Crippen molar-refractivity contribution in [2.24, 2.45) is 0 Å². The lowest BCUT2D eigenvalue weighted by atomic mass is 9.99. The summed E-state index contributed by atoms with van der Waals surface area (Å²) in [5.74, 6) is 0.142. The number of rotatable bonds is 8. The van der Waals surface area contributed by atoms with Crippen molar-refractivity contribution in [3.05, 3.63) is 5.56 Å². The number of anilines is 2. The van der Waals surface area contributed by atoms with Crippen molar-refractivity contribution >= 4 is 21.5 Å². The third-order valence-corrected chi connectivity index (χ3v) is 4.71. The highest BCUT2D eigenvalue weighted by molar-refractivity contribution is 7.90. The quantitative estimate of drug-likeness (QED) is 0.696. The van der Waals surface area contributed by atoms with Crippen LogP contribution >= 0.6 is 0 Å². The molecule has 144 valence electrons. The van der Waals surface area contributed by atoms with E-state index in [2.05, 4.69) is 15.3 Å². The molecule has 0 aliphatic carbocycles. The van der Waals surface area contributed by atoms with E-state index in [4.69, 9.17) is 0 Å². The largest absolute Gasteiger partial charge is 0.405 e. The topological polar surface area (TPSA) is 75.2 Å². The highest BCUT2D eigenvalue weighted by atomic mass is 32.2. The Bertz CT molecular complexity index is 689. The van der Waals surface area contributed by atoms with Crippen LogP contribution in [-0.2, 0) is 9.84 Å². The summed E-state index contributed by atoms with van der Waals surface area (Å²) >= 11 is 0. The molecule has 1 aromatic rings. The third-order valence-electron chi connectivity index (χ3n) is 3.86. The molecule has 0 amide bonds. The minimum Gasteiger partial charge on any atom is -0.361 e. The van der Waals surface area contributed by atoms with Gasteiger partial charge in [0.25, 0.3) is 5.16 Å². The number of nitrogens with one attached hydrogen (secondary N) is 1. The van der Waals surface area contributed by atoms with Crippen molar-refractivity contribution in [3.63, 3.8) is 0 Å². The van der Waals surface area contributed by atoms with Crippen molar-refractivity contribution in [3.8, 4) is 0 Å². The van der Waals surface area contributed by atoms with Gasteiger partial charge in [-0.2, -0.15) is 13.2 Å².